The van der Waals surface area contributed by atoms with Crippen molar-refractivity contribution in [2.45, 2.75) is 26.3 Å². The zero-order valence-electron chi connectivity index (χ0n) is 10.9. The SMILES string of the molecule is CCOc1nc(NN)nc(NC(C)CCOC)n1. The Labute approximate surface area is 106 Å². The van der Waals surface area contributed by atoms with Crippen LogP contribution in [-0.4, -0.2) is 41.3 Å². The summed E-state index contributed by atoms with van der Waals surface area (Å²) in [6.07, 6.45) is 0.845. The van der Waals surface area contributed by atoms with Gasteiger partial charge in [-0.3, -0.25) is 5.43 Å². The number of nitrogen functional groups attached to an aromatic ring is 1. The van der Waals surface area contributed by atoms with Crippen LogP contribution in [0.5, 0.6) is 6.01 Å². The highest BCUT2D eigenvalue weighted by Gasteiger charge is 2.09. The van der Waals surface area contributed by atoms with Crippen LogP contribution in [0.1, 0.15) is 20.3 Å². The summed E-state index contributed by atoms with van der Waals surface area (Å²) in [6.45, 7) is 5.01. The second-order valence-electron chi connectivity index (χ2n) is 3.67. The third kappa shape index (κ3) is 4.68. The Bertz CT molecular complexity index is 362. The topological polar surface area (TPSA) is 107 Å². The molecular weight excluding hydrogens is 236 g/mol. The highest BCUT2D eigenvalue weighted by Crippen LogP contribution is 2.11. The fourth-order valence-electron chi connectivity index (χ4n) is 1.27. The maximum atomic E-state index is 5.29. The largest absolute Gasteiger partial charge is 0.464 e. The van der Waals surface area contributed by atoms with Gasteiger partial charge < -0.3 is 14.8 Å². The molecule has 0 aromatic carbocycles. The Hall–Kier alpha value is -1.67. The monoisotopic (exact) mass is 256 g/mol. The molecule has 4 N–H and O–H groups in total. The first-order chi connectivity index (χ1) is 8.69. The van der Waals surface area contributed by atoms with E-state index < -0.39 is 0 Å². The summed E-state index contributed by atoms with van der Waals surface area (Å²) >= 11 is 0. The molecule has 0 fully saturated rings. The van der Waals surface area contributed by atoms with Crippen molar-refractivity contribution >= 4 is 11.9 Å². The van der Waals surface area contributed by atoms with E-state index in [-0.39, 0.29) is 18.0 Å². The average Bonchev–Trinajstić information content (AvgIpc) is 2.36. The van der Waals surface area contributed by atoms with E-state index in [9.17, 15) is 0 Å². The highest BCUT2D eigenvalue weighted by atomic mass is 16.5. The quantitative estimate of drug-likeness (QED) is 0.453. The fraction of sp³-hybridized carbons (Fsp3) is 0.700. The van der Waals surface area contributed by atoms with E-state index in [4.69, 9.17) is 15.3 Å². The molecule has 0 aliphatic heterocycles. The lowest BCUT2D eigenvalue weighted by molar-refractivity contribution is 0.191. The van der Waals surface area contributed by atoms with Crippen molar-refractivity contribution in [2.24, 2.45) is 5.84 Å². The number of hydrogen-bond donors (Lipinski definition) is 3. The van der Waals surface area contributed by atoms with E-state index in [0.717, 1.165) is 6.42 Å². The van der Waals surface area contributed by atoms with E-state index in [0.29, 0.717) is 19.2 Å². The Morgan fingerprint density at radius 2 is 2.00 bits per heavy atom. The Morgan fingerprint density at radius 3 is 2.61 bits per heavy atom. The van der Waals surface area contributed by atoms with Crippen LogP contribution in [0.3, 0.4) is 0 Å². The van der Waals surface area contributed by atoms with Crippen molar-refractivity contribution in [1.29, 1.82) is 0 Å². The van der Waals surface area contributed by atoms with Crippen LogP contribution in [0.4, 0.5) is 11.9 Å². The molecule has 1 unspecified atom stereocenters. The maximum absolute atomic E-state index is 5.29. The van der Waals surface area contributed by atoms with Crippen LogP contribution < -0.4 is 21.3 Å². The van der Waals surface area contributed by atoms with Crippen molar-refractivity contribution in [3.8, 4) is 6.01 Å². The minimum Gasteiger partial charge on any atom is -0.464 e. The summed E-state index contributed by atoms with van der Waals surface area (Å²) in [5.74, 6) is 5.97. The number of rotatable bonds is 8. The molecular formula is C10H20N6O2. The number of methoxy groups -OCH3 is 1. The van der Waals surface area contributed by atoms with Gasteiger partial charge in [0.2, 0.25) is 11.9 Å². The van der Waals surface area contributed by atoms with E-state index in [1.807, 2.05) is 13.8 Å². The van der Waals surface area contributed by atoms with Crippen molar-refractivity contribution < 1.29 is 9.47 Å². The van der Waals surface area contributed by atoms with Crippen molar-refractivity contribution in [1.82, 2.24) is 15.0 Å². The zero-order chi connectivity index (χ0) is 13.4. The molecule has 1 aromatic heterocycles. The van der Waals surface area contributed by atoms with Crippen molar-refractivity contribution in [2.75, 3.05) is 31.1 Å². The van der Waals surface area contributed by atoms with E-state index >= 15 is 0 Å². The predicted molar refractivity (Wildman–Crippen MR) is 68.4 cm³/mol. The van der Waals surface area contributed by atoms with Crippen molar-refractivity contribution in [3.05, 3.63) is 0 Å². The van der Waals surface area contributed by atoms with Crippen LogP contribution in [0, 0.1) is 0 Å². The van der Waals surface area contributed by atoms with E-state index in [1.54, 1.807) is 7.11 Å². The van der Waals surface area contributed by atoms with Crippen LogP contribution in [0.15, 0.2) is 0 Å². The third-order valence-corrected chi connectivity index (χ3v) is 2.15. The molecule has 0 aliphatic rings. The smallest absolute Gasteiger partial charge is 0.323 e. The first-order valence-electron chi connectivity index (χ1n) is 5.80. The number of hydrogen-bond acceptors (Lipinski definition) is 8. The lowest BCUT2D eigenvalue weighted by Gasteiger charge is -2.14. The fourth-order valence-corrected chi connectivity index (χ4v) is 1.27. The first-order valence-corrected chi connectivity index (χ1v) is 5.80. The second-order valence-corrected chi connectivity index (χ2v) is 3.67. The number of nitrogens with one attached hydrogen (secondary N) is 2. The van der Waals surface area contributed by atoms with Crippen LogP contribution in [-0.2, 0) is 4.74 Å². The number of aromatic nitrogens is 3. The first kappa shape index (κ1) is 14.4. The normalized spacial score (nSPS) is 12.0. The molecule has 0 bridgehead atoms. The predicted octanol–water partition coefficient (Wildman–Crippen LogP) is 0.393. The molecule has 0 saturated heterocycles. The van der Waals surface area contributed by atoms with Crippen molar-refractivity contribution in [3.63, 3.8) is 0 Å². The van der Waals surface area contributed by atoms with Gasteiger partial charge in [-0.1, -0.05) is 0 Å². The second kappa shape index (κ2) is 7.62. The average molecular weight is 256 g/mol. The summed E-state index contributed by atoms with van der Waals surface area (Å²) in [5.41, 5.74) is 2.38. The van der Waals surface area contributed by atoms with E-state index in [1.165, 1.54) is 0 Å². The van der Waals surface area contributed by atoms with Crippen LogP contribution in [0.25, 0.3) is 0 Å². The highest BCUT2D eigenvalue weighted by molar-refractivity contribution is 5.35. The molecule has 0 radical (unpaired) electrons. The van der Waals surface area contributed by atoms with Gasteiger partial charge in [0.15, 0.2) is 0 Å². The van der Waals surface area contributed by atoms with Gasteiger partial charge in [-0.15, -0.1) is 0 Å². The van der Waals surface area contributed by atoms with Gasteiger partial charge in [0, 0.05) is 19.8 Å². The number of hydrazine groups is 1. The molecule has 102 valence electrons. The summed E-state index contributed by atoms with van der Waals surface area (Å²) in [7, 11) is 1.67. The lowest BCUT2D eigenvalue weighted by atomic mass is 10.2. The number of anilines is 2. The van der Waals surface area contributed by atoms with Gasteiger partial charge >= 0.3 is 6.01 Å². The third-order valence-electron chi connectivity index (χ3n) is 2.15. The molecule has 1 rings (SSSR count). The summed E-state index contributed by atoms with van der Waals surface area (Å²) in [4.78, 5) is 12.2. The zero-order valence-corrected chi connectivity index (χ0v) is 10.9. The lowest BCUT2D eigenvalue weighted by Crippen LogP contribution is -2.21. The molecule has 0 amide bonds. The molecule has 0 saturated carbocycles. The van der Waals surface area contributed by atoms with Gasteiger partial charge in [-0.2, -0.15) is 15.0 Å². The molecule has 1 atom stereocenters. The van der Waals surface area contributed by atoms with Gasteiger partial charge in [-0.25, -0.2) is 5.84 Å². The Morgan fingerprint density at radius 1 is 1.28 bits per heavy atom. The minimum atomic E-state index is 0.174. The summed E-state index contributed by atoms with van der Waals surface area (Å²) in [6, 6.07) is 0.411. The maximum Gasteiger partial charge on any atom is 0.323 e. The number of ether oxygens (including phenoxy) is 2. The molecule has 0 spiro atoms. The van der Waals surface area contributed by atoms with Gasteiger partial charge in [0.05, 0.1) is 6.61 Å². The molecule has 8 nitrogen and oxygen atoms in total. The van der Waals surface area contributed by atoms with Crippen LogP contribution in [0.2, 0.25) is 0 Å². The van der Waals surface area contributed by atoms with Gasteiger partial charge in [0.1, 0.15) is 0 Å². The van der Waals surface area contributed by atoms with E-state index in [2.05, 4.69) is 25.7 Å². The molecule has 0 aliphatic carbocycles. The van der Waals surface area contributed by atoms with Crippen LogP contribution >= 0.6 is 0 Å². The standard InChI is InChI=1S/C10H20N6O2/c1-4-18-10-14-8(13-9(15-10)16-11)12-7(2)5-6-17-3/h7H,4-6,11H2,1-3H3,(H2,12,13,14,15,16). The summed E-state index contributed by atoms with van der Waals surface area (Å²) in [5, 5.41) is 3.13. The van der Waals surface area contributed by atoms with Gasteiger partial charge in [0.25, 0.3) is 0 Å². The molecule has 8 heteroatoms. The summed E-state index contributed by atoms with van der Waals surface area (Å²) < 4.78 is 10.2. The minimum absolute atomic E-state index is 0.174. The number of nitrogens with two attached hydrogens (primary N) is 1. The Balaban J connectivity index is 2.71. The molecule has 1 aromatic rings. The molecule has 1 heterocycles. The number of nitrogens with zero attached hydrogens (tertiary/aromatic N) is 3. The Kier molecular flexibility index (Phi) is 6.09. The molecule has 18 heavy (non-hydrogen) atoms. The van der Waals surface area contributed by atoms with Gasteiger partial charge in [-0.05, 0) is 20.3 Å².